The third kappa shape index (κ3) is 8.34. The predicted octanol–water partition coefficient (Wildman–Crippen LogP) is -2.07. The Kier molecular flexibility index (Phi) is 12.1. The summed E-state index contributed by atoms with van der Waals surface area (Å²) in [6, 6.07) is -4.84. The number of aliphatic hydroxyl groups is 2. The van der Waals surface area contributed by atoms with Gasteiger partial charge in [-0.3, -0.25) is 14.4 Å². The Hall–Kier alpha value is -2.24. The maximum absolute atomic E-state index is 12.7. The monoisotopic (exact) mass is 418 g/mol. The Morgan fingerprint density at radius 3 is 1.69 bits per heavy atom. The van der Waals surface area contributed by atoms with Crippen LogP contribution in [-0.4, -0.2) is 76.4 Å². The van der Waals surface area contributed by atoms with Crippen LogP contribution in [0, 0.1) is 11.8 Å². The molecule has 0 aliphatic rings. The molecule has 0 aliphatic heterocycles. The largest absolute Gasteiger partial charge is 0.480 e. The van der Waals surface area contributed by atoms with Gasteiger partial charge in [-0.2, -0.15) is 0 Å². The number of aliphatic carboxylic acids is 1. The Labute approximate surface area is 170 Å². The van der Waals surface area contributed by atoms with Gasteiger partial charge in [0.1, 0.15) is 24.2 Å². The fourth-order valence-electron chi connectivity index (χ4n) is 2.44. The van der Waals surface area contributed by atoms with E-state index in [1.54, 1.807) is 27.7 Å². The molecule has 168 valence electrons. The van der Waals surface area contributed by atoms with Gasteiger partial charge in [0.05, 0.1) is 13.2 Å². The molecule has 0 saturated carbocycles. The van der Waals surface area contributed by atoms with Crippen molar-refractivity contribution in [1.29, 1.82) is 0 Å². The van der Waals surface area contributed by atoms with Crippen LogP contribution < -0.4 is 21.7 Å². The highest BCUT2D eigenvalue weighted by molar-refractivity contribution is 5.94. The Bertz CT molecular complexity index is 572. The van der Waals surface area contributed by atoms with E-state index in [0.717, 1.165) is 0 Å². The highest BCUT2D eigenvalue weighted by Gasteiger charge is 2.33. The van der Waals surface area contributed by atoms with Gasteiger partial charge in [-0.05, 0) is 11.8 Å². The van der Waals surface area contributed by atoms with Gasteiger partial charge in [0.25, 0.3) is 0 Å². The number of nitrogens with two attached hydrogens (primary N) is 1. The lowest BCUT2D eigenvalue weighted by Gasteiger charge is -2.28. The van der Waals surface area contributed by atoms with Crippen molar-refractivity contribution in [3.8, 4) is 0 Å². The molecule has 0 spiro atoms. The molecular weight excluding hydrogens is 384 g/mol. The summed E-state index contributed by atoms with van der Waals surface area (Å²) in [4.78, 5) is 48.4. The smallest absolute Gasteiger partial charge is 0.326 e. The number of amides is 3. The molecule has 0 fully saturated rings. The molecule has 0 radical (unpaired) electrons. The number of carbonyl (C=O) groups excluding carboxylic acids is 3. The summed E-state index contributed by atoms with van der Waals surface area (Å²) in [6.07, 6.45) is 1.03. The number of carboxylic acid groups (broad SMARTS) is 1. The number of nitrogens with one attached hydrogen (secondary N) is 3. The predicted molar refractivity (Wildman–Crippen MR) is 104 cm³/mol. The van der Waals surface area contributed by atoms with E-state index in [-0.39, 0.29) is 11.8 Å². The number of rotatable bonds is 13. The van der Waals surface area contributed by atoms with Crippen molar-refractivity contribution in [3.63, 3.8) is 0 Å². The second kappa shape index (κ2) is 13.1. The number of carboxylic acids is 1. The van der Waals surface area contributed by atoms with Crippen LogP contribution in [0.5, 0.6) is 0 Å². The molecule has 0 aliphatic carbocycles. The van der Waals surface area contributed by atoms with E-state index in [1.165, 1.54) is 0 Å². The van der Waals surface area contributed by atoms with Crippen LogP contribution in [0.2, 0.25) is 0 Å². The Balaban J connectivity index is 5.36. The van der Waals surface area contributed by atoms with Crippen LogP contribution in [0.4, 0.5) is 0 Å². The van der Waals surface area contributed by atoms with Gasteiger partial charge in [0.15, 0.2) is 0 Å². The van der Waals surface area contributed by atoms with Crippen molar-refractivity contribution in [3.05, 3.63) is 0 Å². The van der Waals surface area contributed by atoms with E-state index in [2.05, 4.69) is 16.0 Å². The standard InChI is InChI=1S/C18H34N4O7/c1-5-9(3)13(17(27)22-14(18(28)29)10(4)6-2)21-16(26)12(8-24)20-15(25)11(19)7-23/h9-14,23-24H,5-8,19H2,1-4H3,(H,20,25)(H,21,26)(H,22,27)(H,28,29). The molecule has 11 nitrogen and oxygen atoms in total. The SMILES string of the molecule is CCC(C)C(NC(=O)C(NC(=O)C(CO)NC(=O)C(N)CO)C(C)CC)C(=O)O. The van der Waals surface area contributed by atoms with Gasteiger partial charge in [-0.25, -0.2) is 4.79 Å². The third-order valence-corrected chi connectivity index (χ3v) is 4.92. The third-order valence-electron chi connectivity index (χ3n) is 4.92. The van der Waals surface area contributed by atoms with Gasteiger partial charge < -0.3 is 37.0 Å². The molecule has 0 rings (SSSR count). The highest BCUT2D eigenvalue weighted by atomic mass is 16.4. The molecule has 11 heteroatoms. The maximum atomic E-state index is 12.7. The average Bonchev–Trinajstić information content (AvgIpc) is 2.71. The summed E-state index contributed by atoms with van der Waals surface area (Å²) in [6.45, 7) is 5.60. The fraction of sp³-hybridized carbons (Fsp3) is 0.778. The summed E-state index contributed by atoms with van der Waals surface area (Å²) >= 11 is 0. The number of hydrogen-bond acceptors (Lipinski definition) is 7. The van der Waals surface area contributed by atoms with Gasteiger partial charge in [-0.15, -0.1) is 0 Å². The lowest BCUT2D eigenvalue weighted by Crippen LogP contribution is -2.60. The zero-order valence-corrected chi connectivity index (χ0v) is 17.3. The number of hydrogen-bond donors (Lipinski definition) is 7. The minimum Gasteiger partial charge on any atom is -0.480 e. The van der Waals surface area contributed by atoms with Gasteiger partial charge in [-0.1, -0.05) is 40.5 Å². The van der Waals surface area contributed by atoms with Crippen LogP contribution >= 0.6 is 0 Å². The summed E-state index contributed by atoms with van der Waals surface area (Å²) in [7, 11) is 0. The van der Waals surface area contributed by atoms with E-state index in [9.17, 15) is 29.4 Å². The van der Waals surface area contributed by atoms with Crippen LogP contribution in [0.15, 0.2) is 0 Å². The van der Waals surface area contributed by atoms with E-state index < -0.39 is 61.1 Å². The van der Waals surface area contributed by atoms with Crippen LogP contribution in [0.3, 0.4) is 0 Å². The van der Waals surface area contributed by atoms with E-state index >= 15 is 0 Å². The zero-order chi connectivity index (χ0) is 22.7. The van der Waals surface area contributed by atoms with Crippen LogP contribution in [-0.2, 0) is 19.2 Å². The van der Waals surface area contributed by atoms with Crippen molar-refractivity contribution in [2.75, 3.05) is 13.2 Å². The second-order valence-electron chi connectivity index (χ2n) is 7.11. The zero-order valence-electron chi connectivity index (χ0n) is 17.3. The molecule has 0 aromatic heterocycles. The minimum atomic E-state index is -1.38. The minimum absolute atomic E-state index is 0.325. The van der Waals surface area contributed by atoms with Crippen LogP contribution in [0.25, 0.3) is 0 Å². The van der Waals surface area contributed by atoms with Crippen molar-refractivity contribution < 1.29 is 34.5 Å². The first-order valence-electron chi connectivity index (χ1n) is 9.65. The van der Waals surface area contributed by atoms with Crippen molar-refractivity contribution >= 4 is 23.7 Å². The summed E-state index contributed by atoms with van der Waals surface area (Å²) in [5.41, 5.74) is 5.37. The maximum Gasteiger partial charge on any atom is 0.326 e. The molecule has 0 heterocycles. The molecule has 29 heavy (non-hydrogen) atoms. The average molecular weight is 418 g/mol. The molecule has 8 N–H and O–H groups in total. The molecule has 6 atom stereocenters. The van der Waals surface area contributed by atoms with Gasteiger partial charge in [0, 0.05) is 0 Å². The van der Waals surface area contributed by atoms with E-state index in [1.807, 2.05) is 0 Å². The molecular formula is C18H34N4O7. The van der Waals surface area contributed by atoms with Crippen molar-refractivity contribution in [1.82, 2.24) is 16.0 Å². The lowest BCUT2D eigenvalue weighted by atomic mass is 9.95. The molecule has 0 bridgehead atoms. The topological polar surface area (TPSA) is 191 Å². The summed E-state index contributed by atoms with van der Waals surface area (Å²) in [5.74, 6) is -4.19. The molecule has 6 unspecified atom stereocenters. The molecule has 0 saturated heterocycles. The van der Waals surface area contributed by atoms with E-state index in [0.29, 0.717) is 12.8 Å². The normalized spacial score (nSPS) is 17.2. The number of aliphatic hydroxyl groups excluding tert-OH is 2. The first-order chi connectivity index (χ1) is 13.5. The number of carbonyl (C=O) groups is 4. The quantitative estimate of drug-likeness (QED) is 0.177. The fourth-order valence-corrected chi connectivity index (χ4v) is 2.44. The van der Waals surface area contributed by atoms with Crippen LogP contribution in [0.1, 0.15) is 40.5 Å². The first-order valence-corrected chi connectivity index (χ1v) is 9.65. The lowest BCUT2D eigenvalue weighted by molar-refractivity contribution is -0.144. The molecule has 0 aromatic carbocycles. The molecule has 0 aromatic rings. The Morgan fingerprint density at radius 1 is 0.793 bits per heavy atom. The summed E-state index contributed by atoms with van der Waals surface area (Å²) in [5, 5.41) is 34.8. The van der Waals surface area contributed by atoms with Crippen molar-refractivity contribution in [2.24, 2.45) is 17.6 Å². The second-order valence-corrected chi connectivity index (χ2v) is 7.11. The van der Waals surface area contributed by atoms with Gasteiger partial charge >= 0.3 is 5.97 Å². The Morgan fingerprint density at radius 2 is 1.28 bits per heavy atom. The van der Waals surface area contributed by atoms with Gasteiger partial charge in [0.2, 0.25) is 17.7 Å². The highest BCUT2D eigenvalue weighted by Crippen LogP contribution is 2.12. The van der Waals surface area contributed by atoms with E-state index in [4.69, 9.17) is 10.8 Å². The first kappa shape index (κ1) is 26.8. The molecule has 3 amide bonds. The summed E-state index contributed by atoms with van der Waals surface area (Å²) < 4.78 is 0. The van der Waals surface area contributed by atoms with Crippen molar-refractivity contribution in [2.45, 2.75) is 64.7 Å².